The van der Waals surface area contributed by atoms with Crippen molar-refractivity contribution in [1.82, 2.24) is 0 Å². The first-order valence-corrected chi connectivity index (χ1v) is 5.30. The van der Waals surface area contributed by atoms with Crippen molar-refractivity contribution in [1.29, 1.82) is 0 Å². The van der Waals surface area contributed by atoms with Crippen molar-refractivity contribution < 1.29 is 46.1 Å². The van der Waals surface area contributed by atoms with Gasteiger partial charge in [-0.25, -0.2) is 9.59 Å². The number of hydrogen-bond donors (Lipinski definition) is 3. The maximum absolute atomic E-state index is 10.6. The molecular weight excluding hydrogens is 322 g/mol. The summed E-state index contributed by atoms with van der Waals surface area (Å²) in [5.41, 5.74) is 5.25. The third kappa shape index (κ3) is 12.8. The zero-order chi connectivity index (χ0) is 16.6. The van der Waals surface area contributed by atoms with E-state index in [2.05, 4.69) is 4.99 Å². The lowest BCUT2D eigenvalue weighted by molar-refractivity contribution is -0.193. The number of aliphatic imine (C=N–C) groups is 1. The van der Waals surface area contributed by atoms with Crippen LogP contribution in [0.1, 0.15) is 0 Å². The van der Waals surface area contributed by atoms with Gasteiger partial charge in [0.25, 0.3) is 0 Å². The van der Waals surface area contributed by atoms with Crippen LogP contribution >= 0.6 is 11.8 Å². The minimum absolute atomic E-state index is 0.745. The van der Waals surface area contributed by atoms with Gasteiger partial charge in [0.05, 0.1) is 6.54 Å². The first-order chi connectivity index (χ1) is 8.78. The van der Waals surface area contributed by atoms with Crippen LogP contribution in [-0.2, 0) is 9.59 Å². The maximum atomic E-state index is 10.6. The van der Waals surface area contributed by atoms with Crippen molar-refractivity contribution in [3.8, 4) is 0 Å². The van der Waals surface area contributed by atoms with Crippen LogP contribution < -0.4 is 5.73 Å². The Labute approximate surface area is 111 Å². The van der Waals surface area contributed by atoms with Gasteiger partial charge in [-0.3, -0.25) is 4.99 Å². The van der Waals surface area contributed by atoms with E-state index < -0.39 is 24.3 Å². The molecule has 0 atom stereocenters. The summed E-state index contributed by atoms with van der Waals surface area (Å²) in [5.74, 6) is -4.44. The number of rotatable bonds is 0. The fourth-order valence-corrected chi connectivity index (χ4v) is 0.926. The third-order valence-corrected chi connectivity index (χ3v) is 1.91. The highest BCUT2D eigenvalue weighted by atomic mass is 32.2. The highest BCUT2D eigenvalue weighted by Crippen LogP contribution is 2.13. The van der Waals surface area contributed by atoms with Gasteiger partial charge in [0.15, 0.2) is 5.17 Å². The Hall–Kier alpha value is -1.66. The summed E-state index contributed by atoms with van der Waals surface area (Å²) in [5, 5.41) is 15.0. The van der Waals surface area contributed by atoms with E-state index in [0.717, 1.165) is 17.5 Å². The van der Waals surface area contributed by atoms with Crippen LogP contribution in [0, 0.1) is 0 Å². The molecule has 0 fully saturated rings. The highest BCUT2D eigenvalue weighted by molar-refractivity contribution is 8.14. The number of nitrogens with two attached hydrogens (primary N) is 1. The SMILES string of the molecule is NC1=NCCS1.O=C(O)C(F)(F)F.O=C(O)C(F)(F)F. The zero-order valence-corrected chi connectivity index (χ0v) is 10.1. The molecule has 118 valence electrons. The molecule has 0 bridgehead atoms. The molecule has 0 aromatic carbocycles. The summed E-state index contributed by atoms with van der Waals surface area (Å²) >= 11 is 1.62. The molecule has 0 aromatic rings. The fraction of sp³-hybridized carbons (Fsp3) is 0.571. The van der Waals surface area contributed by atoms with Crippen LogP contribution in [0.15, 0.2) is 4.99 Å². The van der Waals surface area contributed by atoms with Gasteiger partial charge in [0.2, 0.25) is 0 Å². The summed E-state index contributed by atoms with van der Waals surface area (Å²) in [6.07, 6.45) is -10.2. The van der Waals surface area contributed by atoms with Crippen LogP contribution in [0.5, 0.6) is 0 Å². The number of carboxylic acids is 2. The minimum atomic E-state index is -5.08. The van der Waals surface area contributed by atoms with Crippen LogP contribution in [0.4, 0.5) is 26.3 Å². The Bertz CT molecular complexity index is 343. The van der Waals surface area contributed by atoms with E-state index in [1.807, 2.05) is 0 Å². The van der Waals surface area contributed by atoms with Crippen LogP contribution in [0.2, 0.25) is 0 Å². The molecule has 13 heteroatoms. The van der Waals surface area contributed by atoms with E-state index >= 15 is 0 Å². The Morgan fingerprint density at radius 2 is 1.35 bits per heavy atom. The summed E-state index contributed by atoms with van der Waals surface area (Å²) in [4.78, 5) is 21.7. The third-order valence-electron chi connectivity index (χ3n) is 1.09. The maximum Gasteiger partial charge on any atom is 0.490 e. The predicted molar refractivity (Wildman–Crippen MR) is 56.3 cm³/mol. The second kappa shape index (κ2) is 8.50. The van der Waals surface area contributed by atoms with Gasteiger partial charge in [-0.15, -0.1) is 0 Å². The van der Waals surface area contributed by atoms with E-state index in [1.54, 1.807) is 11.8 Å². The molecule has 6 nitrogen and oxygen atoms in total. The van der Waals surface area contributed by atoms with Crippen molar-refractivity contribution >= 4 is 28.9 Å². The van der Waals surface area contributed by atoms with E-state index in [4.69, 9.17) is 25.5 Å². The number of halogens is 6. The smallest absolute Gasteiger partial charge is 0.475 e. The Morgan fingerprint density at radius 1 is 1.05 bits per heavy atom. The van der Waals surface area contributed by atoms with Crippen molar-refractivity contribution in [2.75, 3.05) is 12.3 Å². The molecule has 1 aliphatic rings. The van der Waals surface area contributed by atoms with E-state index in [-0.39, 0.29) is 0 Å². The number of thioether (sulfide) groups is 1. The minimum Gasteiger partial charge on any atom is -0.475 e. The van der Waals surface area contributed by atoms with Crippen LogP contribution in [0.3, 0.4) is 0 Å². The highest BCUT2D eigenvalue weighted by Gasteiger charge is 2.38. The quantitative estimate of drug-likeness (QED) is 0.577. The second-order valence-corrected chi connectivity index (χ2v) is 3.79. The first kappa shape index (κ1) is 20.7. The van der Waals surface area contributed by atoms with E-state index in [1.165, 1.54) is 0 Å². The molecule has 0 radical (unpaired) electrons. The van der Waals surface area contributed by atoms with E-state index in [9.17, 15) is 26.3 Å². The molecule has 20 heavy (non-hydrogen) atoms. The molecule has 1 rings (SSSR count). The van der Waals surface area contributed by atoms with Crippen LogP contribution in [-0.4, -0.2) is 52.0 Å². The monoisotopic (exact) mass is 330 g/mol. The molecule has 1 heterocycles. The van der Waals surface area contributed by atoms with E-state index in [0.29, 0.717) is 0 Å². The molecule has 0 amide bonds. The number of hydrogen-bond acceptors (Lipinski definition) is 5. The van der Waals surface area contributed by atoms with Crippen LogP contribution in [0.25, 0.3) is 0 Å². The average Bonchev–Trinajstić information content (AvgIpc) is 2.67. The van der Waals surface area contributed by atoms with Gasteiger partial charge in [0, 0.05) is 5.75 Å². The lowest BCUT2D eigenvalue weighted by Gasteiger charge is -1.93. The van der Waals surface area contributed by atoms with Gasteiger partial charge in [0.1, 0.15) is 0 Å². The average molecular weight is 330 g/mol. The lowest BCUT2D eigenvalue weighted by Crippen LogP contribution is -2.21. The molecular formula is C7H8F6N2O4S. The van der Waals surface area contributed by atoms with Gasteiger partial charge in [-0.1, -0.05) is 11.8 Å². The normalized spacial score (nSPS) is 14.2. The predicted octanol–water partition coefficient (Wildman–Crippen LogP) is 1.31. The van der Waals surface area contributed by atoms with Crippen molar-refractivity contribution in [2.45, 2.75) is 12.4 Å². The molecule has 4 N–H and O–H groups in total. The molecule has 0 aliphatic carbocycles. The number of carbonyl (C=O) groups is 2. The number of nitrogens with zero attached hydrogens (tertiary/aromatic N) is 1. The van der Waals surface area contributed by atoms with Crippen molar-refractivity contribution in [3.05, 3.63) is 0 Å². The summed E-state index contributed by atoms with van der Waals surface area (Å²) in [6, 6.07) is 0. The molecule has 0 spiro atoms. The van der Waals surface area contributed by atoms with Gasteiger partial charge < -0.3 is 15.9 Å². The second-order valence-electron chi connectivity index (χ2n) is 2.67. The summed E-state index contributed by atoms with van der Waals surface area (Å²) < 4.78 is 63.5. The summed E-state index contributed by atoms with van der Waals surface area (Å²) in [6.45, 7) is 0.913. The number of aliphatic carboxylic acids is 2. The van der Waals surface area contributed by atoms with Gasteiger partial charge >= 0.3 is 24.3 Å². The topological polar surface area (TPSA) is 113 Å². The van der Waals surface area contributed by atoms with Crippen molar-refractivity contribution in [2.24, 2.45) is 10.7 Å². The number of amidine groups is 1. The lowest BCUT2D eigenvalue weighted by atomic mass is 10.7. The molecule has 0 saturated heterocycles. The number of alkyl halides is 6. The fourth-order valence-electron chi connectivity index (χ4n) is 0.352. The molecule has 0 saturated carbocycles. The molecule has 1 aliphatic heterocycles. The standard InChI is InChI=1S/C3H6N2S.2C2HF3O2/c4-3-5-1-2-6-3;2*3-2(4,5)1(6)7/h1-2H2,(H2,4,5);2*(H,6,7). The molecule has 0 unspecified atom stereocenters. The Balaban J connectivity index is 0. The largest absolute Gasteiger partial charge is 0.490 e. The van der Waals surface area contributed by atoms with Gasteiger partial charge in [-0.2, -0.15) is 26.3 Å². The Kier molecular flexibility index (Phi) is 8.78. The molecule has 0 aromatic heterocycles. The zero-order valence-electron chi connectivity index (χ0n) is 9.33. The summed E-state index contributed by atoms with van der Waals surface area (Å²) in [7, 11) is 0. The Morgan fingerprint density at radius 3 is 1.40 bits per heavy atom. The number of carboxylic acid groups (broad SMARTS) is 2. The van der Waals surface area contributed by atoms with Crippen molar-refractivity contribution in [3.63, 3.8) is 0 Å². The first-order valence-electron chi connectivity index (χ1n) is 4.31. The van der Waals surface area contributed by atoms with Gasteiger partial charge in [-0.05, 0) is 0 Å².